The van der Waals surface area contributed by atoms with Crippen LogP contribution in [0.4, 0.5) is 5.69 Å². The zero-order valence-corrected chi connectivity index (χ0v) is 13.8. The highest BCUT2D eigenvalue weighted by Gasteiger charge is 2.21. The third kappa shape index (κ3) is 5.67. The molecule has 1 aromatic carbocycles. The van der Waals surface area contributed by atoms with Gasteiger partial charge in [-0.25, -0.2) is 0 Å². The number of hydrogen-bond donors (Lipinski definition) is 3. The van der Waals surface area contributed by atoms with E-state index < -0.39 is 0 Å². The molecule has 23 heavy (non-hydrogen) atoms. The Morgan fingerprint density at radius 3 is 2.70 bits per heavy atom. The number of carbonyl (C=O) groups is 2. The Hall–Kier alpha value is -1.88. The summed E-state index contributed by atoms with van der Waals surface area (Å²) < 4.78 is 0. The van der Waals surface area contributed by atoms with Gasteiger partial charge in [0.05, 0.1) is 0 Å². The van der Waals surface area contributed by atoms with E-state index in [0.717, 1.165) is 32.1 Å². The molecule has 0 aliphatic heterocycles. The summed E-state index contributed by atoms with van der Waals surface area (Å²) in [5, 5.41) is 5.78. The topological polar surface area (TPSA) is 84.2 Å². The van der Waals surface area contributed by atoms with Crippen molar-refractivity contribution in [1.29, 1.82) is 0 Å². The molecule has 1 aliphatic rings. The first-order chi connectivity index (χ1) is 11.1. The number of carbonyl (C=O) groups excluding carboxylic acids is 2. The molecule has 0 heterocycles. The number of amides is 2. The number of benzene rings is 1. The predicted molar refractivity (Wildman–Crippen MR) is 92.2 cm³/mol. The van der Waals surface area contributed by atoms with Crippen molar-refractivity contribution in [2.75, 3.05) is 11.9 Å². The fraction of sp³-hybridized carbons (Fsp3) is 0.556. The van der Waals surface area contributed by atoms with Crippen molar-refractivity contribution < 1.29 is 9.59 Å². The summed E-state index contributed by atoms with van der Waals surface area (Å²) in [4.78, 5) is 24.4. The Labute approximate surface area is 138 Å². The second-order valence-electron chi connectivity index (χ2n) is 6.43. The Balaban J connectivity index is 1.90. The van der Waals surface area contributed by atoms with Crippen molar-refractivity contribution >= 4 is 17.5 Å². The molecular formula is C18H27N3O2. The quantitative estimate of drug-likeness (QED) is 0.754. The van der Waals surface area contributed by atoms with Crippen LogP contribution in [0.3, 0.4) is 0 Å². The standard InChI is InChI=1S/C18H27N3O2/c1-13(19)10-11-20-17(22)15-8-5-9-16(12-15)21-18(23)14-6-3-2-4-7-14/h5,8-9,12-14H,2-4,6-7,10-11,19H2,1H3,(H,20,22)(H,21,23). The molecule has 0 bridgehead atoms. The van der Waals surface area contributed by atoms with Crippen LogP contribution in [0, 0.1) is 5.92 Å². The highest BCUT2D eigenvalue weighted by Crippen LogP contribution is 2.25. The maximum Gasteiger partial charge on any atom is 0.251 e. The van der Waals surface area contributed by atoms with Crippen LogP contribution in [0.2, 0.25) is 0 Å². The lowest BCUT2D eigenvalue weighted by molar-refractivity contribution is -0.120. The molecule has 1 saturated carbocycles. The van der Waals surface area contributed by atoms with E-state index in [4.69, 9.17) is 5.73 Å². The van der Waals surface area contributed by atoms with Crippen molar-refractivity contribution in [2.45, 2.75) is 51.5 Å². The van der Waals surface area contributed by atoms with E-state index >= 15 is 0 Å². The van der Waals surface area contributed by atoms with Gasteiger partial charge in [-0.2, -0.15) is 0 Å². The van der Waals surface area contributed by atoms with Crippen molar-refractivity contribution in [3.05, 3.63) is 29.8 Å². The number of rotatable bonds is 6. The van der Waals surface area contributed by atoms with Gasteiger partial charge in [0.25, 0.3) is 5.91 Å². The summed E-state index contributed by atoms with van der Waals surface area (Å²) in [6.07, 6.45) is 6.14. The highest BCUT2D eigenvalue weighted by atomic mass is 16.2. The van der Waals surface area contributed by atoms with Crippen LogP contribution in [0.15, 0.2) is 24.3 Å². The molecule has 1 fully saturated rings. The zero-order valence-electron chi connectivity index (χ0n) is 13.8. The summed E-state index contributed by atoms with van der Waals surface area (Å²) in [6.45, 7) is 2.46. The van der Waals surface area contributed by atoms with Crippen LogP contribution in [0.1, 0.15) is 55.8 Å². The second-order valence-corrected chi connectivity index (χ2v) is 6.43. The van der Waals surface area contributed by atoms with Crippen molar-refractivity contribution in [2.24, 2.45) is 11.7 Å². The highest BCUT2D eigenvalue weighted by molar-refractivity contribution is 5.97. The van der Waals surface area contributed by atoms with Gasteiger partial charge >= 0.3 is 0 Å². The summed E-state index contributed by atoms with van der Waals surface area (Å²) in [6, 6.07) is 7.15. The monoisotopic (exact) mass is 317 g/mol. The molecule has 5 heteroatoms. The molecule has 126 valence electrons. The Kier molecular flexibility index (Phi) is 6.59. The Morgan fingerprint density at radius 2 is 2.00 bits per heavy atom. The summed E-state index contributed by atoms with van der Waals surface area (Å²) in [7, 11) is 0. The smallest absolute Gasteiger partial charge is 0.251 e. The van der Waals surface area contributed by atoms with Gasteiger partial charge in [0.2, 0.25) is 5.91 Å². The lowest BCUT2D eigenvalue weighted by atomic mass is 9.88. The fourth-order valence-corrected chi connectivity index (χ4v) is 2.86. The van der Waals surface area contributed by atoms with Crippen LogP contribution in [-0.2, 0) is 4.79 Å². The molecule has 1 aliphatic carbocycles. The summed E-state index contributed by atoms with van der Waals surface area (Å²) in [5.74, 6) is 0.0332. The maximum absolute atomic E-state index is 12.3. The normalized spacial score (nSPS) is 16.6. The Morgan fingerprint density at radius 1 is 1.26 bits per heavy atom. The molecule has 1 atom stereocenters. The zero-order chi connectivity index (χ0) is 16.7. The van der Waals surface area contributed by atoms with Crippen LogP contribution in [-0.4, -0.2) is 24.4 Å². The molecule has 0 aromatic heterocycles. The molecule has 4 N–H and O–H groups in total. The van der Waals surface area contributed by atoms with Crippen LogP contribution < -0.4 is 16.4 Å². The van der Waals surface area contributed by atoms with Crippen molar-refractivity contribution in [3.63, 3.8) is 0 Å². The van der Waals surface area contributed by atoms with Gasteiger partial charge in [0.15, 0.2) is 0 Å². The molecular weight excluding hydrogens is 290 g/mol. The molecule has 0 saturated heterocycles. The Bertz CT molecular complexity index is 537. The molecule has 2 amide bonds. The van der Waals surface area contributed by atoms with Gasteiger partial charge in [0, 0.05) is 29.8 Å². The van der Waals surface area contributed by atoms with Crippen LogP contribution >= 0.6 is 0 Å². The second kappa shape index (κ2) is 8.67. The largest absolute Gasteiger partial charge is 0.352 e. The third-order valence-electron chi connectivity index (χ3n) is 4.25. The van der Waals surface area contributed by atoms with E-state index in [0.29, 0.717) is 17.8 Å². The van der Waals surface area contributed by atoms with Gasteiger partial charge in [-0.3, -0.25) is 9.59 Å². The van der Waals surface area contributed by atoms with E-state index in [1.54, 1.807) is 18.2 Å². The first-order valence-corrected chi connectivity index (χ1v) is 8.51. The minimum Gasteiger partial charge on any atom is -0.352 e. The lowest BCUT2D eigenvalue weighted by Gasteiger charge is -2.20. The minimum atomic E-state index is -0.139. The first kappa shape index (κ1) is 17.5. The van der Waals surface area contributed by atoms with E-state index in [9.17, 15) is 9.59 Å². The fourth-order valence-electron chi connectivity index (χ4n) is 2.86. The summed E-state index contributed by atoms with van der Waals surface area (Å²) >= 11 is 0. The number of nitrogens with one attached hydrogen (secondary N) is 2. The van der Waals surface area contributed by atoms with Crippen LogP contribution in [0.5, 0.6) is 0 Å². The SMILES string of the molecule is CC(N)CCNC(=O)c1cccc(NC(=O)C2CCCCC2)c1. The molecule has 5 nitrogen and oxygen atoms in total. The van der Waals surface area contributed by atoms with Gasteiger partial charge in [-0.1, -0.05) is 25.3 Å². The van der Waals surface area contributed by atoms with Gasteiger partial charge in [-0.05, 0) is 44.4 Å². The lowest BCUT2D eigenvalue weighted by Crippen LogP contribution is -2.29. The first-order valence-electron chi connectivity index (χ1n) is 8.51. The van der Waals surface area contributed by atoms with Crippen molar-refractivity contribution in [1.82, 2.24) is 5.32 Å². The van der Waals surface area contributed by atoms with E-state index in [2.05, 4.69) is 10.6 Å². The van der Waals surface area contributed by atoms with Gasteiger partial charge in [-0.15, -0.1) is 0 Å². The van der Waals surface area contributed by atoms with Gasteiger partial charge in [0.1, 0.15) is 0 Å². The maximum atomic E-state index is 12.3. The molecule has 2 rings (SSSR count). The molecule has 0 radical (unpaired) electrons. The number of anilines is 1. The molecule has 1 unspecified atom stereocenters. The van der Waals surface area contributed by atoms with E-state index in [1.807, 2.05) is 13.0 Å². The molecule has 0 spiro atoms. The number of hydrogen-bond acceptors (Lipinski definition) is 3. The van der Waals surface area contributed by atoms with E-state index in [-0.39, 0.29) is 23.8 Å². The molecule has 1 aromatic rings. The predicted octanol–water partition coefficient (Wildman–Crippen LogP) is 2.67. The van der Waals surface area contributed by atoms with Crippen molar-refractivity contribution in [3.8, 4) is 0 Å². The third-order valence-corrected chi connectivity index (χ3v) is 4.25. The van der Waals surface area contributed by atoms with E-state index in [1.165, 1.54) is 6.42 Å². The summed E-state index contributed by atoms with van der Waals surface area (Å²) in [5.41, 5.74) is 6.90. The average molecular weight is 317 g/mol. The average Bonchev–Trinajstić information content (AvgIpc) is 2.55. The minimum absolute atomic E-state index is 0.0661. The van der Waals surface area contributed by atoms with Gasteiger partial charge < -0.3 is 16.4 Å². The number of nitrogens with two attached hydrogens (primary N) is 1. The van der Waals surface area contributed by atoms with Crippen LogP contribution in [0.25, 0.3) is 0 Å².